The third-order valence-corrected chi connectivity index (χ3v) is 4.60. The third-order valence-electron chi connectivity index (χ3n) is 3.52. The van der Waals surface area contributed by atoms with E-state index >= 15 is 0 Å². The van der Waals surface area contributed by atoms with Gasteiger partial charge in [0.1, 0.15) is 11.6 Å². The molecule has 22 heavy (non-hydrogen) atoms. The number of hydrogen-bond acceptors (Lipinski definition) is 2. The highest BCUT2D eigenvalue weighted by Gasteiger charge is 2.17. The summed E-state index contributed by atoms with van der Waals surface area (Å²) >= 11 is 1.46. The van der Waals surface area contributed by atoms with Crippen LogP contribution in [-0.2, 0) is 13.0 Å². The Morgan fingerprint density at radius 1 is 1.23 bits per heavy atom. The first-order chi connectivity index (χ1) is 10.4. The Bertz CT molecular complexity index is 681. The highest BCUT2D eigenvalue weighted by molar-refractivity contribution is 7.14. The fraction of sp³-hybridized carbons (Fsp3) is 0.353. The molecule has 1 heterocycles. The van der Waals surface area contributed by atoms with Crippen LogP contribution in [-0.4, -0.2) is 17.9 Å². The average Bonchev–Trinajstić information content (AvgIpc) is 2.83. The molecule has 0 aliphatic carbocycles. The van der Waals surface area contributed by atoms with Gasteiger partial charge in [0.25, 0.3) is 5.91 Å². The number of hydrogen-bond donors (Lipinski definition) is 0. The molecule has 0 spiro atoms. The van der Waals surface area contributed by atoms with E-state index in [1.165, 1.54) is 33.9 Å². The van der Waals surface area contributed by atoms with Crippen molar-refractivity contribution in [3.8, 4) is 0 Å². The molecule has 0 saturated heterocycles. The van der Waals surface area contributed by atoms with Gasteiger partial charge in [-0.05, 0) is 31.0 Å². The Hall–Kier alpha value is -1.75. The van der Waals surface area contributed by atoms with E-state index < -0.39 is 11.6 Å². The lowest BCUT2D eigenvalue weighted by molar-refractivity contribution is 0.0788. The lowest BCUT2D eigenvalue weighted by Gasteiger charge is -2.16. The molecule has 0 saturated carbocycles. The minimum absolute atomic E-state index is 0.116. The molecule has 2 rings (SSSR count). The Kier molecular flexibility index (Phi) is 5.29. The van der Waals surface area contributed by atoms with Crippen molar-refractivity contribution in [2.24, 2.45) is 0 Å². The second kappa shape index (κ2) is 7.01. The molecular formula is C17H19F2NOS. The largest absolute Gasteiger partial charge is 0.337 e. The van der Waals surface area contributed by atoms with Crippen LogP contribution in [0.25, 0.3) is 0 Å². The number of benzene rings is 1. The predicted octanol–water partition coefficient (Wildman–Crippen LogP) is 4.56. The van der Waals surface area contributed by atoms with Gasteiger partial charge < -0.3 is 4.90 Å². The molecule has 2 nitrogen and oxygen atoms in total. The van der Waals surface area contributed by atoms with Crippen molar-refractivity contribution in [1.29, 1.82) is 0 Å². The van der Waals surface area contributed by atoms with Crippen LogP contribution in [0.2, 0.25) is 0 Å². The van der Waals surface area contributed by atoms with Gasteiger partial charge in [-0.2, -0.15) is 0 Å². The average molecular weight is 323 g/mol. The Morgan fingerprint density at radius 3 is 2.59 bits per heavy atom. The van der Waals surface area contributed by atoms with Gasteiger partial charge in [-0.15, -0.1) is 11.3 Å². The quantitative estimate of drug-likeness (QED) is 0.790. The zero-order valence-corrected chi connectivity index (χ0v) is 13.8. The molecule has 1 amide bonds. The standard InChI is InChI=1S/C17H19F2NOS/c1-4-5-12-8-16(22-11(12)2)17(21)20(3)10-13-6-7-14(18)9-15(13)19/h6-9H,4-5,10H2,1-3H3. The number of rotatable bonds is 5. The van der Waals surface area contributed by atoms with Gasteiger partial charge in [-0.1, -0.05) is 19.4 Å². The van der Waals surface area contributed by atoms with Gasteiger partial charge in [-0.25, -0.2) is 8.78 Å². The Balaban J connectivity index is 2.13. The number of nitrogens with zero attached hydrogens (tertiary/aromatic N) is 1. The van der Waals surface area contributed by atoms with Crippen LogP contribution in [0.15, 0.2) is 24.3 Å². The zero-order chi connectivity index (χ0) is 16.3. The first kappa shape index (κ1) is 16.6. The van der Waals surface area contributed by atoms with Crippen molar-refractivity contribution < 1.29 is 13.6 Å². The molecule has 0 aliphatic rings. The summed E-state index contributed by atoms with van der Waals surface area (Å²) in [7, 11) is 1.62. The fourth-order valence-electron chi connectivity index (χ4n) is 2.31. The second-order valence-electron chi connectivity index (χ2n) is 5.34. The Labute approximate surface area is 133 Å². The molecule has 0 N–H and O–H groups in total. The molecule has 0 radical (unpaired) electrons. The van der Waals surface area contributed by atoms with E-state index in [9.17, 15) is 13.6 Å². The number of thiophene rings is 1. The molecule has 0 unspecified atom stereocenters. The van der Waals surface area contributed by atoms with Crippen molar-refractivity contribution in [2.75, 3.05) is 7.05 Å². The van der Waals surface area contributed by atoms with Gasteiger partial charge in [0.2, 0.25) is 0 Å². The van der Waals surface area contributed by atoms with E-state index in [-0.39, 0.29) is 12.5 Å². The van der Waals surface area contributed by atoms with E-state index in [1.54, 1.807) is 7.05 Å². The van der Waals surface area contributed by atoms with E-state index in [1.807, 2.05) is 13.0 Å². The van der Waals surface area contributed by atoms with Crippen LogP contribution in [0.3, 0.4) is 0 Å². The van der Waals surface area contributed by atoms with E-state index in [4.69, 9.17) is 0 Å². The number of halogens is 2. The summed E-state index contributed by atoms with van der Waals surface area (Å²) in [6.45, 7) is 4.22. The summed E-state index contributed by atoms with van der Waals surface area (Å²) < 4.78 is 26.6. The van der Waals surface area contributed by atoms with Crippen molar-refractivity contribution in [1.82, 2.24) is 4.90 Å². The lowest BCUT2D eigenvalue weighted by Crippen LogP contribution is -2.25. The van der Waals surface area contributed by atoms with Gasteiger partial charge >= 0.3 is 0 Å². The summed E-state index contributed by atoms with van der Waals surface area (Å²) in [4.78, 5) is 15.7. The maximum atomic E-state index is 13.7. The first-order valence-corrected chi connectivity index (χ1v) is 8.02. The number of carbonyl (C=O) groups is 1. The molecule has 2 aromatic rings. The fourth-order valence-corrected chi connectivity index (χ4v) is 3.37. The second-order valence-corrected chi connectivity index (χ2v) is 6.60. The van der Waals surface area contributed by atoms with Crippen molar-refractivity contribution >= 4 is 17.2 Å². The monoisotopic (exact) mass is 323 g/mol. The molecule has 1 aromatic carbocycles. The Morgan fingerprint density at radius 2 is 1.95 bits per heavy atom. The topological polar surface area (TPSA) is 20.3 Å². The van der Waals surface area contributed by atoms with E-state index in [0.29, 0.717) is 10.4 Å². The van der Waals surface area contributed by atoms with Gasteiger partial charge in [-0.3, -0.25) is 4.79 Å². The highest BCUT2D eigenvalue weighted by atomic mass is 32.1. The number of amides is 1. The third kappa shape index (κ3) is 3.71. The van der Waals surface area contributed by atoms with Crippen LogP contribution < -0.4 is 0 Å². The molecule has 1 aromatic heterocycles. The molecule has 118 valence electrons. The summed E-state index contributed by atoms with van der Waals surface area (Å²) in [6, 6.07) is 5.33. The van der Waals surface area contributed by atoms with Crippen LogP contribution in [0.4, 0.5) is 8.78 Å². The van der Waals surface area contributed by atoms with Crippen LogP contribution in [0, 0.1) is 18.6 Å². The predicted molar refractivity (Wildman–Crippen MR) is 85.2 cm³/mol. The molecule has 0 fully saturated rings. The normalized spacial score (nSPS) is 10.8. The first-order valence-electron chi connectivity index (χ1n) is 7.21. The molecular weight excluding hydrogens is 304 g/mol. The SMILES string of the molecule is CCCc1cc(C(=O)N(C)Cc2ccc(F)cc2F)sc1C. The summed E-state index contributed by atoms with van der Waals surface area (Å²) in [5, 5.41) is 0. The maximum Gasteiger partial charge on any atom is 0.263 e. The maximum absolute atomic E-state index is 13.7. The minimum atomic E-state index is -0.631. The molecule has 0 aliphatic heterocycles. The van der Waals surface area contributed by atoms with E-state index in [0.717, 1.165) is 23.8 Å². The van der Waals surface area contributed by atoms with Crippen LogP contribution in [0.5, 0.6) is 0 Å². The van der Waals surface area contributed by atoms with Gasteiger partial charge in [0, 0.05) is 30.1 Å². The number of aryl methyl sites for hydroxylation is 2. The summed E-state index contributed by atoms with van der Waals surface area (Å²) in [5.41, 5.74) is 1.50. The molecule has 0 bridgehead atoms. The van der Waals surface area contributed by atoms with Crippen molar-refractivity contribution in [3.05, 3.63) is 56.8 Å². The smallest absolute Gasteiger partial charge is 0.263 e. The summed E-state index contributed by atoms with van der Waals surface area (Å²) in [6.07, 6.45) is 1.98. The highest BCUT2D eigenvalue weighted by Crippen LogP contribution is 2.24. The van der Waals surface area contributed by atoms with Crippen molar-refractivity contribution in [2.45, 2.75) is 33.2 Å². The van der Waals surface area contributed by atoms with E-state index in [2.05, 4.69) is 6.92 Å². The van der Waals surface area contributed by atoms with Gasteiger partial charge in [0.15, 0.2) is 0 Å². The lowest BCUT2D eigenvalue weighted by atomic mass is 10.1. The molecule has 5 heteroatoms. The van der Waals surface area contributed by atoms with Crippen molar-refractivity contribution in [3.63, 3.8) is 0 Å². The van der Waals surface area contributed by atoms with Crippen LogP contribution >= 0.6 is 11.3 Å². The molecule has 0 atom stereocenters. The summed E-state index contributed by atoms with van der Waals surface area (Å²) in [5.74, 6) is -1.39. The van der Waals surface area contributed by atoms with Gasteiger partial charge in [0.05, 0.1) is 4.88 Å². The zero-order valence-electron chi connectivity index (χ0n) is 13.0. The number of carbonyl (C=O) groups excluding carboxylic acids is 1. The van der Waals surface area contributed by atoms with Crippen LogP contribution in [0.1, 0.15) is 39.0 Å². The minimum Gasteiger partial charge on any atom is -0.337 e.